The van der Waals surface area contributed by atoms with Crippen LogP contribution >= 0.6 is 0 Å². The molecule has 0 saturated heterocycles. The fourth-order valence-electron chi connectivity index (χ4n) is 6.09. The molecule has 8 fully saturated rings. The summed E-state index contributed by atoms with van der Waals surface area (Å²) < 4.78 is 0. The van der Waals surface area contributed by atoms with Crippen molar-refractivity contribution in [1.82, 2.24) is 0 Å². The lowest BCUT2D eigenvalue weighted by Gasteiger charge is -2.60. The van der Waals surface area contributed by atoms with E-state index in [0.29, 0.717) is 0 Å². The van der Waals surface area contributed by atoms with Gasteiger partial charge < -0.3 is 0 Å². The van der Waals surface area contributed by atoms with E-state index in [1.807, 2.05) is 0 Å². The van der Waals surface area contributed by atoms with E-state index in [1.165, 1.54) is 31.6 Å². The van der Waals surface area contributed by atoms with Crippen LogP contribution in [0.15, 0.2) is 0 Å². The Morgan fingerprint density at radius 3 is 1.63 bits per heavy atom. The van der Waals surface area contributed by atoms with Gasteiger partial charge in [0.1, 0.15) is 0 Å². The van der Waals surface area contributed by atoms with E-state index in [9.17, 15) is 0 Å². The Morgan fingerprint density at radius 2 is 1.11 bits per heavy atom. The van der Waals surface area contributed by atoms with Crippen molar-refractivity contribution in [1.29, 1.82) is 0 Å². The van der Waals surface area contributed by atoms with Crippen molar-refractivity contribution in [2.24, 2.45) is 29.1 Å². The Kier molecular flexibility index (Phi) is 3.40. The number of hydrogen-bond donors (Lipinski definition) is 0. The highest BCUT2D eigenvalue weighted by molar-refractivity contribution is 5.04. The molecule has 0 amide bonds. The molecule has 8 saturated carbocycles. The smallest absolute Gasteiger partial charge is 0.0264 e. The minimum atomic E-state index is 0.896. The summed E-state index contributed by atoms with van der Waals surface area (Å²) in [7, 11) is 0. The predicted octanol–water partition coefficient (Wildman–Crippen LogP) is 5.95. The lowest BCUT2D eigenvalue weighted by molar-refractivity contribution is -0.0979. The maximum Gasteiger partial charge on any atom is -0.0264 e. The third-order valence-corrected chi connectivity index (χ3v) is 7.71. The van der Waals surface area contributed by atoms with Gasteiger partial charge in [-0.25, -0.2) is 0 Å². The fraction of sp³-hybridized carbons (Fsp3) is 1.00. The average molecular weight is 260 g/mol. The first-order chi connectivity index (χ1) is 9.37. The van der Waals surface area contributed by atoms with Crippen molar-refractivity contribution in [2.75, 3.05) is 0 Å². The van der Waals surface area contributed by atoms with Crippen LogP contribution < -0.4 is 0 Å². The van der Waals surface area contributed by atoms with Gasteiger partial charge >= 0.3 is 0 Å². The van der Waals surface area contributed by atoms with E-state index in [0.717, 1.165) is 23.2 Å². The predicted molar refractivity (Wildman–Crippen MR) is 81.0 cm³/mol. The maximum absolute atomic E-state index is 1.65. The molecule has 108 valence electrons. The molecule has 8 rings (SSSR count). The number of hydrogen-bond acceptors (Lipinski definition) is 0. The van der Waals surface area contributed by atoms with Crippen LogP contribution in [-0.4, -0.2) is 0 Å². The van der Waals surface area contributed by atoms with Crippen molar-refractivity contribution in [2.45, 2.75) is 89.9 Å². The topological polar surface area (TPSA) is 0 Å². The largest absolute Gasteiger partial charge is 0.0533 e. The summed E-state index contributed by atoms with van der Waals surface area (Å²) in [6.45, 7) is 0. The normalized spacial score (nSPS) is 45.5. The quantitative estimate of drug-likeness (QED) is 0.504. The molecule has 0 heterocycles. The lowest BCUT2D eigenvalue weighted by Crippen LogP contribution is -2.50. The maximum atomic E-state index is 1.65. The van der Waals surface area contributed by atoms with E-state index in [4.69, 9.17) is 0 Å². The second-order valence-electron chi connectivity index (χ2n) is 8.45. The molecular weight excluding hydrogens is 228 g/mol. The zero-order valence-corrected chi connectivity index (χ0v) is 12.7. The third-order valence-electron chi connectivity index (χ3n) is 7.71. The van der Waals surface area contributed by atoms with E-state index in [1.54, 1.807) is 64.2 Å². The standard InChI is InChI=1S/C15H24.C4H8/c1-8-15(9-1)10-13-6-7-14(15)12-4-2-11(13)3-5-12;1-2-4-3-1/h11-14H,1-10H2;1-4H2. The Bertz CT molecular complexity index is 298. The van der Waals surface area contributed by atoms with Crippen molar-refractivity contribution in [3.05, 3.63) is 0 Å². The van der Waals surface area contributed by atoms with Crippen LogP contribution in [0, 0.1) is 29.1 Å². The van der Waals surface area contributed by atoms with Gasteiger partial charge in [-0.3, -0.25) is 0 Å². The van der Waals surface area contributed by atoms with E-state index in [2.05, 4.69) is 0 Å². The highest BCUT2D eigenvalue weighted by atomic mass is 14.6. The molecular formula is C19H32. The molecule has 8 aliphatic rings. The van der Waals surface area contributed by atoms with Crippen LogP contribution in [0.1, 0.15) is 89.9 Å². The molecule has 2 atom stereocenters. The summed E-state index contributed by atoms with van der Waals surface area (Å²) in [5.74, 6) is 4.63. The Hall–Kier alpha value is 0. The van der Waals surface area contributed by atoms with Gasteiger partial charge in [0.15, 0.2) is 0 Å². The van der Waals surface area contributed by atoms with Crippen LogP contribution in [0.2, 0.25) is 0 Å². The average Bonchev–Trinajstić information content (AvgIpc) is 2.30. The molecule has 0 aliphatic heterocycles. The van der Waals surface area contributed by atoms with Crippen LogP contribution in [0.5, 0.6) is 0 Å². The molecule has 4 bridgehead atoms. The van der Waals surface area contributed by atoms with Gasteiger partial charge in [-0.05, 0) is 86.9 Å². The minimum Gasteiger partial charge on any atom is -0.0533 e. The lowest BCUT2D eigenvalue weighted by atomic mass is 9.45. The van der Waals surface area contributed by atoms with Crippen LogP contribution in [0.3, 0.4) is 0 Å². The Morgan fingerprint density at radius 1 is 0.526 bits per heavy atom. The van der Waals surface area contributed by atoms with Crippen molar-refractivity contribution in [3.63, 3.8) is 0 Å². The van der Waals surface area contributed by atoms with E-state index < -0.39 is 0 Å². The van der Waals surface area contributed by atoms with Gasteiger partial charge in [0.05, 0.1) is 0 Å². The second-order valence-corrected chi connectivity index (χ2v) is 8.45. The first kappa shape index (κ1) is 12.7. The highest BCUT2D eigenvalue weighted by Crippen LogP contribution is 2.64. The van der Waals surface area contributed by atoms with Gasteiger partial charge in [-0.15, -0.1) is 0 Å². The molecule has 0 aromatic rings. The highest BCUT2D eigenvalue weighted by Gasteiger charge is 2.53. The molecule has 8 aliphatic carbocycles. The van der Waals surface area contributed by atoms with Gasteiger partial charge in [0, 0.05) is 0 Å². The molecule has 2 unspecified atom stereocenters. The van der Waals surface area contributed by atoms with Gasteiger partial charge in [0.25, 0.3) is 0 Å². The molecule has 0 aromatic carbocycles. The zero-order valence-electron chi connectivity index (χ0n) is 12.7. The zero-order chi connectivity index (χ0) is 12.7. The Balaban J connectivity index is 0.000000210. The second kappa shape index (κ2) is 5.08. The molecule has 0 aromatic heterocycles. The van der Waals surface area contributed by atoms with Gasteiger partial charge in [-0.1, -0.05) is 32.1 Å². The molecule has 0 radical (unpaired) electrons. The van der Waals surface area contributed by atoms with E-state index in [-0.39, 0.29) is 0 Å². The van der Waals surface area contributed by atoms with Crippen LogP contribution in [0.25, 0.3) is 0 Å². The van der Waals surface area contributed by atoms with Crippen LogP contribution in [-0.2, 0) is 0 Å². The monoisotopic (exact) mass is 260 g/mol. The minimum absolute atomic E-state index is 0.896. The number of rotatable bonds is 0. The van der Waals surface area contributed by atoms with Gasteiger partial charge in [-0.2, -0.15) is 0 Å². The Labute approximate surface area is 119 Å². The van der Waals surface area contributed by atoms with E-state index >= 15 is 0 Å². The molecule has 19 heavy (non-hydrogen) atoms. The summed E-state index contributed by atoms with van der Waals surface area (Å²) >= 11 is 0. The summed E-state index contributed by atoms with van der Waals surface area (Å²) in [5.41, 5.74) is 0.896. The summed E-state index contributed by atoms with van der Waals surface area (Å²) in [6.07, 6.45) is 22.1. The fourth-order valence-corrected chi connectivity index (χ4v) is 6.09. The van der Waals surface area contributed by atoms with Crippen molar-refractivity contribution in [3.8, 4) is 0 Å². The summed E-state index contributed by atoms with van der Waals surface area (Å²) in [6, 6.07) is 0. The molecule has 0 N–H and O–H groups in total. The first-order valence-corrected chi connectivity index (χ1v) is 9.37. The van der Waals surface area contributed by atoms with Gasteiger partial charge in [0.2, 0.25) is 0 Å². The summed E-state index contributed by atoms with van der Waals surface area (Å²) in [5, 5.41) is 0. The molecule has 1 spiro atoms. The van der Waals surface area contributed by atoms with Crippen molar-refractivity contribution >= 4 is 0 Å². The van der Waals surface area contributed by atoms with Crippen LogP contribution in [0.4, 0.5) is 0 Å². The first-order valence-electron chi connectivity index (χ1n) is 9.37. The molecule has 0 heteroatoms. The van der Waals surface area contributed by atoms with Crippen molar-refractivity contribution < 1.29 is 0 Å². The molecule has 0 nitrogen and oxygen atoms in total. The summed E-state index contributed by atoms with van der Waals surface area (Å²) in [4.78, 5) is 0. The SMILES string of the molecule is C1CC2(C1)CC1CCC2C2CCC1CC2.C1CCC1. The third kappa shape index (κ3) is 2.18.